The average molecular weight is 485 g/mol. The molecular formula is C28H28N4O4. The summed E-state index contributed by atoms with van der Waals surface area (Å²) in [6.07, 6.45) is 6.47. The molecule has 2 aromatic carbocycles. The van der Waals surface area contributed by atoms with E-state index >= 15 is 0 Å². The Morgan fingerprint density at radius 2 is 1.72 bits per heavy atom. The van der Waals surface area contributed by atoms with E-state index in [-0.39, 0.29) is 18.0 Å². The Bertz CT molecular complexity index is 1430. The van der Waals surface area contributed by atoms with Gasteiger partial charge in [-0.15, -0.1) is 0 Å². The zero-order valence-corrected chi connectivity index (χ0v) is 20.4. The Balaban J connectivity index is 1.52. The molecule has 1 aromatic heterocycles. The van der Waals surface area contributed by atoms with Crippen molar-refractivity contribution in [3.63, 3.8) is 0 Å². The molecule has 2 aliphatic heterocycles. The Hall–Kier alpha value is -4.20. The van der Waals surface area contributed by atoms with E-state index in [9.17, 15) is 19.2 Å². The Morgan fingerprint density at radius 1 is 0.972 bits per heavy atom. The third-order valence-electron chi connectivity index (χ3n) is 7.05. The third-order valence-corrected chi connectivity index (χ3v) is 7.05. The molecule has 0 bridgehead atoms. The molecule has 5 rings (SSSR count). The van der Waals surface area contributed by atoms with Gasteiger partial charge in [0.05, 0.1) is 5.69 Å². The van der Waals surface area contributed by atoms with Gasteiger partial charge in [-0.25, -0.2) is 9.69 Å². The van der Waals surface area contributed by atoms with Crippen LogP contribution in [-0.4, -0.2) is 46.3 Å². The number of carbonyl (C=O) groups excluding carboxylic acids is 4. The zero-order valence-electron chi connectivity index (χ0n) is 20.4. The number of nitrogens with one attached hydrogen (secondary N) is 1. The molecule has 36 heavy (non-hydrogen) atoms. The van der Waals surface area contributed by atoms with Crippen molar-refractivity contribution in [1.82, 2.24) is 14.8 Å². The Kier molecular flexibility index (Phi) is 6.18. The van der Waals surface area contributed by atoms with Crippen molar-refractivity contribution in [2.45, 2.75) is 39.7 Å². The lowest BCUT2D eigenvalue weighted by Crippen LogP contribution is -2.54. The molecule has 8 heteroatoms. The number of carbonyl (C=O) groups is 4. The van der Waals surface area contributed by atoms with Gasteiger partial charge < -0.3 is 9.47 Å². The number of nitrogens with zero attached hydrogens (tertiary/aromatic N) is 3. The van der Waals surface area contributed by atoms with Gasteiger partial charge in [-0.05, 0) is 62.4 Å². The topological polar surface area (TPSA) is 91.7 Å². The maximum absolute atomic E-state index is 13.5. The maximum Gasteiger partial charge on any atom is 0.335 e. The van der Waals surface area contributed by atoms with Crippen molar-refractivity contribution >= 4 is 46.4 Å². The molecule has 184 valence electrons. The standard InChI is InChI=1S/C28H28N4O4/c1-18-9-8-12-23(19(18)2)32-27(35)22(26(34)29-28(32)36)15-20-16-31(24-11-5-4-10-21(20)24)17-25(33)30-13-6-3-7-14-30/h4-5,8-12,15-16H,3,6-7,13-14,17H2,1-2H3,(H,29,34,36)/b22-15+. The molecule has 8 nitrogen and oxygen atoms in total. The SMILES string of the molecule is Cc1cccc(N2C(=O)NC(=O)/C(=C\c3cn(CC(=O)N4CCCCC4)c4ccccc34)C2=O)c1C. The number of amides is 5. The van der Waals surface area contributed by atoms with Gasteiger partial charge in [-0.1, -0.05) is 30.3 Å². The number of anilines is 1. The Labute approximate surface area is 209 Å². The zero-order chi connectivity index (χ0) is 25.4. The molecule has 3 heterocycles. The number of benzene rings is 2. The molecule has 2 saturated heterocycles. The minimum absolute atomic E-state index is 0.0489. The molecule has 2 fully saturated rings. The van der Waals surface area contributed by atoms with Gasteiger partial charge in [0, 0.05) is 35.8 Å². The minimum atomic E-state index is -0.773. The van der Waals surface area contributed by atoms with Gasteiger partial charge in [-0.2, -0.15) is 0 Å². The number of imide groups is 2. The van der Waals surface area contributed by atoms with Crippen LogP contribution in [0.4, 0.5) is 10.5 Å². The number of barbiturate groups is 1. The fourth-order valence-electron chi connectivity index (χ4n) is 4.92. The number of piperidine rings is 1. The first-order chi connectivity index (χ1) is 17.3. The maximum atomic E-state index is 13.5. The van der Waals surface area contributed by atoms with Gasteiger partial charge in [0.2, 0.25) is 5.91 Å². The molecule has 3 aromatic rings. The number of aryl methyl sites for hydroxylation is 1. The van der Waals surface area contributed by atoms with Crippen molar-refractivity contribution in [2.75, 3.05) is 18.0 Å². The van der Waals surface area contributed by atoms with Gasteiger partial charge in [0.15, 0.2) is 0 Å². The van der Waals surface area contributed by atoms with E-state index in [1.54, 1.807) is 18.3 Å². The second kappa shape index (κ2) is 9.45. The quantitative estimate of drug-likeness (QED) is 0.449. The highest BCUT2D eigenvalue weighted by atomic mass is 16.2. The lowest BCUT2D eigenvalue weighted by atomic mass is 10.0. The predicted molar refractivity (Wildman–Crippen MR) is 137 cm³/mol. The highest BCUT2D eigenvalue weighted by molar-refractivity contribution is 6.39. The van der Waals surface area contributed by atoms with Crippen LogP contribution in [0.1, 0.15) is 36.0 Å². The van der Waals surface area contributed by atoms with E-state index in [2.05, 4.69) is 5.32 Å². The lowest BCUT2D eigenvalue weighted by Gasteiger charge is -2.28. The first-order valence-corrected chi connectivity index (χ1v) is 12.2. The number of likely N-dealkylation sites (tertiary alicyclic amines) is 1. The summed E-state index contributed by atoms with van der Waals surface area (Å²) in [6.45, 7) is 5.44. The molecular weight excluding hydrogens is 456 g/mol. The number of fused-ring (bicyclic) bond motifs is 1. The van der Waals surface area contributed by atoms with Crippen molar-refractivity contribution < 1.29 is 19.2 Å². The summed E-state index contributed by atoms with van der Waals surface area (Å²) in [5, 5.41) is 3.11. The largest absolute Gasteiger partial charge is 0.341 e. The average Bonchev–Trinajstić information content (AvgIpc) is 3.22. The summed E-state index contributed by atoms with van der Waals surface area (Å²) in [5.74, 6) is -1.38. The first kappa shape index (κ1) is 23.5. The van der Waals surface area contributed by atoms with Gasteiger partial charge in [-0.3, -0.25) is 19.7 Å². The summed E-state index contributed by atoms with van der Waals surface area (Å²) >= 11 is 0. The van der Waals surface area contributed by atoms with Crippen LogP contribution in [0, 0.1) is 13.8 Å². The van der Waals surface area contributed by atoms with Crippen LogP contribution in [0.5, 0.6) is 0 Å². The molecule has 0 unspecified atom stereocenters. The summed E-state index contributed by atoms with van der Waals surface area (Å²) in [5.41, 5.74) is 3.47. The minimum Gasteiger partial charge on any atom is -0.341 e. The van der Waals surface area contributed by atoms with Crippen molar-refractivity contribution in [3.05, 3.63) is 70.9 Å². The second-order valence-electron chi connectivity index (χ2n) is 9.35. The number of aromatic nitrogens is 1. The predicted octanol–water partition coefficient (Wildman–Crippen LogP) is 3.94. The van der Waals surface area contributed by atoms with Crippen LogP contribution in [0.25, 0.3) is 17.0 Å². The smallest absolute Gasteiger partial charge is 0.335 e. The normalized spacial score (nSPS) is 17.7. The van der Waals surface area contributed by atoms with E-state index < -0.39 is 17.8 Å². The van der Waals surface area contributed by atoms with Crippen LogP contribution >= 0.6 is 0 Å². The number of urea groups is 1. The fourth-order valence-corrected chi connectivity index (χ4v) is 4.92. The van der Waals surface area contributed by atoms with Crippen LogP contribution in [-0.2, 0) is 20.9 Å². The van der Waals surface area contributed by atoms with Gasteiger partial charge >= 0.3 is 6.03 Å². The van der Waals surface area contributed by atoms with Gasteiger partial charge in [0.1, 0.15) is 12.1 Å². The highest BCUT2D eigenvalue weighted by Gasteiger charge is 2.37. The van der Waals surface area contributed by atoms with E-state index in [4.69, 9.17) is 0 Å². The lowest BCUT2D eigenvalue weighted by molar-refractivity contribution is -0.132. The molecule has 0 spiro atoms. The number of hydrogen-bond donors (Lipinski definition) is 1. The van der Waals surface area contributed by atoms with Crippen LogP contribution in [0.3, 0.4) is 0 Å². The van der Waals surface area contributed by atoms with Crippen LogP contribution in [0.15, 0.2) is 54.2 Å². The Morgan fingerprint density at radius 3 is 2.50 bits per heavy atom. The molecule has 0 aliphatic carbocycles. The van der Waals surface area contributed by atoms with E-state index in [1.165, 1.54) is 6.08 Å². The summed E-state index contributed by atoms with van der Waals surface area (Å²) in [4.78, 5) is 54.7. The summed E-state index contributed by atoms with van der Waals surface area (Å²) in [6, 6.07) is 12.1. The van der Waals surface area contributed by atoms with E-state index in [0.29, 0.717) is 11.3 Å². The van der Waals surface area contributed by atoms with Gasteiger partial charge in [0.25, 0.3) is 11.8 Å². The second-order valence-corrected chi connectivity index (χ2v) is 9.35. The van der Waals surface area contributed by atoms with Crippen molar-refractivity contribution in [1.29, 1.82) is 0 Å². The van der Waals surface area contributed by atoms with E-state index in [0.717, 1.165) is 59.3 Å². The summed E-state index contributed by atoms with van der Waals surface area (Å²) in [7, 11) is 0. The molecule has 0 saturated carbocycles. The molecule has 5 amide bonds. The van der Waals surface area contributed by atoms with Crippen LogP contribution < -0.4 is 10.2 Å². The number of para-hydroxylation sites is 1. The number of hydrogen-bond acceptors (Lipinski definition) is 4. The van der Waals surface area contributed by atoms with Crippen molar-refractivity contribution in [2.24, 2.45) is 0 Å². The molecule has 0 radical (unpaired) electrons. The summed E-state index contributed by atoms with van der Waals surface area (Å²) < 4.78 is 1.86. The molecule has 1 N–H and O–H groups in total. The van der Waals surface area contributed by atoms with Crippen molar-refractivity contribution in [3.8, 4) is 0 Å². The monoisotopic (exact) mass is 484 g/mol. The number of rotatable bonds is 4. The molecule has 0 atom stereocenters. The fraction of sp³-hybridized carbons (Fsp3) is 0.286. The van der Waals surface area contributed by atoms with E-state index in [1.807, 2.05) is 53.6 Å². The third kappa shape index (κ3) is 4.19. The molecule has 2 aliphatic rings. The van der Waals surface area contributed by atoms with Crippen LogP contribution in [0.2, 0.25) is 0 Å². The highest BCUT2D eigenvalue weighted by Crippen LogP contribution is 2.29. The first-order valence-electron chi connectivity index (χ1n) is 12.2.